The maximum Gasteiger partial charge on any atom is 0.196 e. The Kier molecular flexibility index (Phi) is 3.79. The van der Waals surface area contributed by atoms with Crippen LogP contribution in [0.2, 0.25) is 10.0 Å². The molecule has 2 aromatic carbocycles. The summed E-state index contributed by atoms with van der Waals surface area (Å²) < 4.78 is 0. The molecule has 21 heavy (non-hydrogen) atoms. The maximum absolute atomic E-state index is 6.33. The summed E-state index contributed by atoms with van der Waals surface area (Å²) in [7, 11) is 0. The second-order valence-corrected chi connectivity index (χ2v) is 5.87. The molecule has 0 fully saturated rings. The smallest absolute Gasteiger partial charge is 0.196 e. The standard InChI is InChI=1S/C16H15Cl2N3/c1-10-5-7-11(8-6-10)21-14(9-20-16(21)19)15-12(17)3-2-4-13(15)18/h2-8,14H,9H2,1H3,(H2,19,20). The van der Waals surface area contributed by atoms with Crippen LogP contribution < -0.4 is 10.6 Å². The molecule has 1 atom stereocenters. The molecule has 0 saturated carbocycles. The van der Waals surface area contributed by atoms with Crippen molar-refractivity contribution in [2.75, 3.05) is 11.4 Å². The first-order valence-corrected chi connectivity index (χ1v) is 7.43. The quantitative estimate of drug-likeness (QED) is 0.902. The van der Waals surface area contributed by atoms with Crippen molar-refractivity contribution in [3.8, 4) is 0 Å². The Morgan fingerprint density at radius 1 is 1.10 bits per heavy atom. The van der Waals surface area contributed by atoms with Gasteiger partial charge in [-0.1, -0.05) is 47.0 Å². The van der Waals surface area contributed by atoms with Gasteiger partial charge in [-0.25, -0.2) is 0 Å². The van der Waals surface area contributed by atoms with Gasteiger partial charge in [-0.15, -0.1) is 0 Å². The molecular formula is C16H15Cl2N3. The summed E-state index contributed by atoms with van der Waals surface area (Å²) >= 11 is 12.7. The largest absolute Gasteiger partial charge is 0.369 e. The van der Waals surface area contributed by atoms with Gasteiger partial charge in [0.1, 0.15) is 0 Å². The van der Waals surface area contributed by atoms with Crippen molar-refractivity contribution in [1.82, 2.24) is 0 Å². The Bertz CT molecular complexity index is 675. The molecule has 1 aliphatic rings. The molecule has 5 heteroatoms. The van der Waals surface area contributed by atoms with Gasteiger partial charge in [0.25, 0.3) is 0 Å². The average molecular weight is 320 g/mol. The van der Waals surface area contributed by atoms with E-state index in [1.807, 2.05) is 54.3 Å². The van der Waals surface area contributed by atoms with Gasteiger partial charge in [0.05, 0.1) is 12.6 Å². The number of guanidine groups is 1. The molecule has 1 heterocycles. The van der Waals surface area contributed by atoms with Crippen LogP contribution in [0.5, 0.6) is 0 Å². The third-order valence-electron chi connectivity index (χ3n) is 3.63. The summed E-state index contributed by atoms with van der Waals surface area (Å²) in [5.74, 6) is 0.486. The molecule has 2 aromatic rings. The lowest BCUT2D eigenvalue weighted by molar-refractivity contribution is 0.769. The summed E-state index contributed by atoms with van der Waals surface area (Å²) in [5.41, 5.74) is 9.11. The minimum atomic E-state index is -0.0751. The Balaban J connectivity index is 2.05. The summed E-state index contributed by atoms with van der Waals surface area (Å²) in [6.07, 6.45) is 0. The number of halogens is 2. The molecule has 2 N–H and O–H groups in total. The van der Waals surface area contributed by atoms with Crippen molar-refractivity contribution in [3.63, 3.8) is 0 Å². The zero-order valence-electron chi connectivity index (χ0n) is 11.6. The highest BCUT2D eigenvalue weighted by Crippen LogP contribution is 2.38. The molecule has 3 rings (SSSR count). The topological polar surface area (TPSA) is 41.6 Å². The zero-order valence-corrected chi connectivity index (χ0v) is 13.1. The fourth-order valence-corrected chi connectivity index (χ4v) is 3.21. The second-order valence-electron chi connectivity index (χ2n) is 5.06. The van der Waals surface area contributed by atoms with Crippen molar-refractivity contribution >= 4 is 34.8 Å². The molecular weight excluding hydrogens is 305 g/mol. The third kappa shape index (κ3) is 2.59. The predicted octanol–water partition coefficient (Wildman–Crippen LogP) is 4.18. The molecule has 0 amide bonds. The van der Waals surface area contributed by atoms with Crippen molar-refractivity contribution < 1.29 is 0 Å². The van der Waals surface area contributed by atoms with Crippen LogP contribution in [-0.2, 0) is 0 Å². The third-order valence-corrected chi connectivity index (χ3v) is 4.29. The van der Waals surface area contributed by atoms with Crippen LogP contribution in [0.4, 0.5) is 5.69 Å². The van der Waals surface area contributed by atoms with Crippen molar-refractivity contribution in [2.45, 2.75) is 13.0 Å². The number of aryl methyl sites for hydroxylation is 1. The fourth-order valence-electron chi connectivity index (χ4n) is 2.56. The summed E-state index contributed by atoms with van der Waals surface area (Å²) in [6.45, 7) is 2.59. The van der Waals surface area contributed by atoms with Crippen LogP contribution in [0.3, 0.4) is 0 Å². The monoisotopic (exact) mass is 319 g/mol. The highest BCUT2D eigenvalue weighted by molar-refractivity contribution is 6.36. The molecule has 108 valence electrons. The van der Waals surface area contributed by atoms with Crippen LogP contribution in [-0.4, -0.2) is 12.5 Å². The molecule has 3 nitrogen and oxygen atoms in total. The van der Waals surface area contributed by atoms with Crippen molar-refractivity contribution in [2.24, 2.45) is 10.7 Å². The lowest BCUT2D eigenvalue weighted by atomic mass is 10.0. The van der Waals surface area contributed by atoms with Crippen molar-refractivity contribution in [1.29, 1.82) is 0 Å². The number of rotatable bonds is 2. The van der Waals surface area contributed by atoms with Crippen LogP contribution >= 0.6 is 23.2 Å². The predicted molar refractivity (Wildman–Crippen MR) is 89.4 cm³/mol. The van der Waals surface area contributed by atoms with Gasteiger partial charge in [-0.2, -0.15) is 0 Å². The average Bonchev–Trinajstić information content (AvgIpc) is 2.82. The Morgan fingerprint density at radius 2 is 1.71 bits per heavy atom. The molecule has 0 radical (unpaired) electrons. The van der Waals surface area contributed by atoms with Gasteiger partial charge in [-0.3, -0.25) is 4.99 Å². The summed E-state index contributed by atoms with van der Waals surface area (Å²) in [6, 6.07) is 13.6. The van der Waals surface area contributed by atoms with E-state index in [0.717, 1.165) is 11.3 Å². The minimum Gasteiger partial charge on any atom is -0.369 e. The van der Waals surface area contributed by atoms with Gasteiger partial charge >= 0.3 is 0 Å². The number of hydrogen-bond acceptors (Lipinski definition) is 3. The molecule has 0 spiro atoms. The number of benzene rings is 2. The van der Waals surface area contributed by atoms with Crippen LogP contribution in [0, 0.1) is 6.92 Å². The molecule has 1 aliphatic heterocycles. The number of hydrogen-bond donors (Lipinski definition) is 1. The van der Waals surface area contributed by atoms with E-state index < -0.39 is 0 Å². The number of nitrogens with zero attached hydrogens (tertiary/aromatic N) is 2. The fraction of sp³-hybridized carbons (Fsp3) is 0.188. The van der Waals surface area contributed by atoms with Gasteiger partial charge in [0.15, 0.2) is 5.96 Å². The SMILES string of the molecule is Cc1ccc(N2C(N)=NCC2c2c(Cl)cccc2Cl)cc1. The van der Waals surface area contributed by atoms with Crippen molar-refractivity contribution in [3.05, 3.63) is 63.6 Å². The van der Waals surface area contributed by atoms with E-state index in [1.165, 1.54) is 5.56 Å². The Morgan fingerprint density at radius 3 is 2.33 bits per heavy atom. The minimum absolute atomic E-state index is 0.0751. The number of aliphatic imine (C=N–C) groups is 1. The highest BCUT2D eigenvalue weighted by Gasteiger charge is 2.31. The molecule has 0 saturated heterocycles. The van der Waals surface area contributed by atoms with E-state index in [9.17, 15) is 0 Å². The highest BCUT2D eigenvalue weighted by atomic mass is 35.5. The number of nitrogens with two attached hydrogens (primary N) is 1. The van der Waals surface area contributed by atoms with Gasteiger partial charge < -0.3 is 10.6 Å². The van der Waals surface area contributed by atoms with Crippen LogP contribution in [0.25, 0.3) is 0 Å². The first kappa shape index (κ1) is 14.2. The second kappa shape index (κ2) is 5.58. The van der Waals surface area contributed by atoms with E-state index in [0.29, 0.717) is 22.5 Å². The van der Waals surface area contributed by atoms with E-state index in [1.54, 1.807) is 0 Å². The Hall–Kier alpha value is -1.71. The lowest BCUT2D eigenvalue weighted by Gasteiger charge is -2.28. The molecule has 1 unspecified atom stereocenters. The van der Waals surface area contributed by atoms with E-state index in [4.69, 9.17) is 28.9 Å². The van der Waals surface area contributed by atoms with Crippen LogP contribution in [0.1, 0.15) is 17.2 Å². The Labute approximate surface area is 134 Å². The number of anilines is 1. The zero-order chi connectivity index (χ0) is 15.0. The first-order chi connectivity index (χ1) is 10.1. The van der Waals surface area contributed by atoms with E-state index >= 15 is 0 Å². The van der Waals surface area contributed by atoms with Gasteiger partial charge in [-0.05, 0) is 31.2 Å². The van der Waals surface area contributed by atoms with E-state index in [-0.39, 0.29) is 6.04 Å². The summed E-state index contributed by atoms with van der Waals surface area (Å²) in [5, 5.41) is 1.27. The van der Waals surface area contributed by atoms with Crippen LogP contribution in [0.15, 0.2) is 47.5 Å². The van der Waals surface area contributed by atoms with Gasteiger partial charge in [0.2, 0.25) is 0 Å². The normalized spacial score (nSPS) is 18.0. The lowest BCUT2D eigenvalue weighted by Crippen LogP contribution is -2.36. The first-order valence-electron chi connectivity index (χ1n) is 6.67. The maximum atomic E-state index is 6.33. The summed E-state index contributed by atoms with van der Waals surface area (Å²) in [4.78, 5) is 6.34. The molecule has 0 bridgehead atoms. The molecule has 0 aromatic heterocycles. The molecule has 0 aliphatic carbocycles. The van der Waals surface area contributed by atoms with E-state index in [2.05, 4.69) is 4.99 Å². The van der Waals surface area contributed by atoms with Gasteiger partial charge in [0, 0.05) is 21.3 Å².